The molecule has 1 aliphatic rings. The van der Waals surface area contributed by atoms with Crippen LogP contribution in [-0.2, 0) is 9.53 Å². The number of ether oxygens (including phenoxy) is 2. The molecule has 4 heterocycles. The first-order chi connectivity index (χ1) is 18.7. The molecule has 0 bridgehead atoms. The molecule has 5 aromatic rings. The standard InChI is InChI=1S/C25H17ClF3N5O4S/c26-14-3-1-13(2-4-14)19-12-18-20(39-19)21(35)34(24(32-18)38-22(36)25(27,28)29)15-5-6-16-17(11-15)31-23(30-16)33-7-9-37-10-8-33/h1-6,11-12H,7-10H2,(H,30,31). The molecule has 1 saturated heterocycles. The molecular weight excluding hydrogens is 559 g/mol. The molecule has 1 aliphatic heterocycles. The van der Waals surface area contributed by atoms with Gasteiger partial charge in [-0.05, 0) is 42.0 Å². The van der Waals surface area contributed by atoms with Crippen LogP contribution in [0.15, 0.2) is 53.3 Å². The summed E-state index contributed by atoms with van der Waals surface area (Å²) in [5, 5.41) is 0.521. The van der Waals surface area contributed by atoms with Crippen molar-refractivity contribution in [2.75, 3.05) is 31.2 Å². The average Bonchev–Trinajstić information content (AvgIpc) is 3.54. The van der Waals surface area contributed by atoms with Gasteiger partial charge in [0.25, 0.3) is 5.56 Å². The number of esters is 1. The lowest BCUT2D eigenvalue weighted by Gasteiger charge is -2.26. The third-order valence-corrected chi connectivity index (χ3v) is 7.50. The van der Waals surface area contributed by atoms with E-state index < -0.39 is 23.7 Å². The number of carbonyl (C=O) groups excluding carboxylic acids is 1. The van der Waals surface area contributed by atoms with E-state index in [1.54, 1.807) is 42.5 Å². The predicted octanol–water partition coefficient (Wildman–Crippen LogP) is 4.95. The highest BCUT2D eigenvalue weighted by molar-refractivity contribution is 7.22. The third kappa shape index (κ3) is 4.84. The van der Waals surface area contributed by atoms with Crippen molar-refractivity contribution in [2.45, 2.75) is 6.18 Å². The Morgan fingerprint density at radius 2 is 1.79 bits per heavy atom. The van der Waals surface area contributed by atoms with E-state index >= 15 is 0 Å². The summed E-state index contributed by atoms with van der Waals surface area (Å²) in [7, 11) is 0. The van der Waals surface area contributed by atoms with Gasteiger partial charge in [0.15, 0.2) is 0 Å². The molecule has 39 heavy (non-hydrogen) atoms. The smallest absolute Gasteiger partial charge is 0.385 e. The van der Waals surface area contributed by atoms with Gasteiger partial charge in [0.2, 0.25) is 5.95 Å². The molecule has 0 aliphatic carbocycles. The molecule has 0 atom stereocenters. The number of anilines is 1. The van der Waals surface area contributed by atoms with Crippen molar-refractivity contribution in [1.82, 2.24) is 19.5 Å². The summed E-state index contributed by atoms with van der Waals surface area (Å²) in [6.07, 6.45) is -5.29. The van der Waals surface area contributed by atoms with Crippen molar-refractivity contribution in [3.8, 4) is 22.1 Å². The van der Waals surface area contributed by atoms with Gasteiger partial charge in [0.1, 0.15) is 4.70 Å². The fourth-order valence-electron chi connectivity index (χ4n) is 4.20. The summed E-state index contributed by atoms with van der Waals surface area (Å²) < 4.78 is 50.3. The van der Waals surface area contributed by atoms with Crippen LogP contribution in [0.4, 0.5) is 19.1 Å². The molecule has 0 unspecified atom stereocenters. The second-order valence-electron chi connectivity index (χ2n) is 8.62. The van der Waals surface area contributed by atoms with Gasteiger partial charge in [-0.2, -0.15) is 18.2 Å². The van der Waals surface area contributed by atoms with Crippen molar-refractivity contribution in [3.63, 3.8) is 0 Å². The van der Waals surface area contributed by atoms with E-state index in [4.69, 9.17) is 16.3 Å². The average molecular weight is 576 g/mol. The van der Waals surface area contributed by atoms with Gasteiger partial charge in [-0.15, -0.1) is 11.3 Å². The molecule has 1 N–H and O–H groups in total. The molecule has 9 nitrogen and oxygen atoms in total. The number of fused-ring (bicyclic) bond motifs is 2. The van der Waals surface area contributed by atoms with Crippen LogP contribution in [0, 0.1) is 0 Å². The van der Waals surface area contributed by atoms with Crippen LogP contribution in [0.5, 0.6) is 6.01 Å². The Morgan fingerprint density at radius 1 is 1.05 bits per heavy atom. The number of hydrogen-bond acceptors (Lipinski definition) is 8. The summed E-state index contributed by atoms with van der Waals surface area (Å²) in [5.41, 5.74) is 1.39. The van der Waals surface area contributed by atoms with Crippen molar-refractivity contribution in [1.29, 1.82) is 0 Å². The van der Waals surface area contributed by atoms with E-state index in [1.807, 2.05) is 4.90 Å². The van der Waals surface area contributed by atoms with Crippen LogP contribution in [0.25, 0.3) is 37.4 Å². The summed E-state index contributed by atoms with van der Waals surface area (Å²) in [6, 6.07) is 12.2. The first-order valence-electron chi connectivity index (χ1n) is 11.6. The van der Waals surface area contributed by atoms with Gasteiger partial charge >= 0.3 is 18.2 Å². The number of H-pyrrole nitrogens is 1. The zero-order chi connectivity index (χ0) is 27.3. The number of carbonyl (C=O) groups is 1. The minimum absolute atomic E-state index is 0.0911. The number of hydrogen-bond donors (Lipinski definition) is 1. The number of aromatic nitrogens is 4. The molecule has 0 amide bonds. The van der Waals surface area contributed by atoms with Crippen LogP contribution >= 0.6 is 22.9 Å². The van der Waals surface area contributed by atoms with E-state index in [1.165, 1.54) is 6.07 Å². The lowest BCUT2D eigenvalue weighted by molar-refractivity contribution is -0.190. The second kappa shape index (κ2) is 9.67. The molecule has 2 aromatic carbocycles. The van der Waals surface area contributed by atoms with Crippen molar-refractivity contribution < 1.29 is 27.4 Å². The summed E-state index contributed by atoms with van der Waals surface area (Å²) in [4.78, 5) is 39.9. The maximum Gasteiger partial charge on any atom is 0.491 e. The SMILES string of the molecule is O=C(Oc1nc2cc(-c3ccc(Cl)cc3)sc2c(=O)n1-c1ccc2nc(N3CCOCC3)[nH]c2c1)C(F)(F)F. The number of alkyl halides is 3. The second-order valence-corrected chi connectivity index (χ2v) is 10.1. The van der Waals surface area contributed by atoms with Crippen molar-refractivity contribution >= 4 is 56.1 Å². The van der Waals surface area contributed by atoms with Gasteiger partial charge in [0.05, 0.1) is 35.5 Å². The van der Waals surface area contributed by atoms with Gasteiger partial charge in [0, 0.05) is 23.0 Å². The fraction of sp³-hybridized carbons (Fsp3) is 0.200. The Morgan fingerprint density at radius 3 is 2.51 bits per heavy atom. The first kappa shape index (κ1) is 25.3. The highest BCUT2D eigenvalue weighted by Gasteiger charge is 2.42. The maximum absolute atomic E-state index is 13.7. The highest BCUT2D eigenvalue weighted by Crippen LogP contribution is 2.34. The van der Waals surface area contributed by atoms with Crippen LogP contribution in [0.1, 0.15) is 0 Å². The zero-order valence-corrected chi connectivity index (χ0v) is 21.4. The molecule has 0 spiro atoms. The van der Waals surface area contributed by atoms with Crippen molar-refractivity contribution in [3.05, 3.63) is 63.9 Å². The quantitative estimate of drug-likeness (QED) is 0.303. The van der Waals surface area contributed by atoms with Gasteiger partial charge in [-0.25, -0.2) is 14.3 Å². The molecule has 6 rings (SSSR count). The van der Waals surface area contributed by atoms with Crippen LogP contribution in [-0.4, -0.2) is 58.0 Å². The van der Waals surface area contributed by atoms with Crippen molar-refractivity contribution in [2.24, 2.45) is 0 Å². The van der Waals surface area contributed by atoms with Crippen LogP contribution in [0.3, 0.4) is 0 Å². The first-order valence-corrected chi connectivity index (χ1v) is 12.8. The number of aromatic amines is 1. The molecule has 200 valence electrons. The molecule has 14 heteroatoms. The monoisotopic (exact) mass is 575 g/mol. The lowest BCUT2D eigenvalue weighted by atomic mass is 10.2. The molecule has 1 fully saturated rings. The Hall–Kier alpha value is -3.94. The highest BCUT2D eigenvalue weighted by atomic mass is 35.5. The third-order valence-electron chi connectivity index (χ3n) is 6.08. The number of nitrogens with one attached hydrogen (secondary N) is 1. The van der Waals surface area contributed by atoms with Crippen LogP contribution in [0.2, 0.25) is 5.02 Å². The zero-order valence-electron chi connectivity index (χ0n) is 19.8. The number of morpholine rings is 1. The van der Waals surface area contributed by atoms with E-state index in [0.29, 0.717) is 53.2 Å². The fourth-order valence-corrected chi connectivity index (χ4v) is 5.36. The van der Waals surface area contributed by atoms with E-state index in [2.05, 4.69) is 19.7 Å². The normalized spacial score (nSPS) is 14.3. The summed E-state index contributed by atoms with van der Waals surface area (Å²) >= 11 is 7.08. The topological polar surface area (TPSA) is 102 Å². The number of halogens is 4. The maximum atomic E-state index is 13.7. The summed E-state index contributed by atoms with van der Waals surface area (Å²) in [5.74, 6) is -1.89. The van der Waals surface area contributed by atoms with E-state index in [9.17, 15) is 22.8 Å². The number of rotatable bonds is 4. The predicted molar refractivity (Wildman–Crippen MR) is 140 cm³/mol. The minimum Gasteiger partial charge on any atom is -0.385 e. The van der Waals surface area contributed by atoms with Gasteiger partial charge in [-0.3, -0.25) is 4.79 Å². The lowest BCUT2D eigenvalue weighted by Crippen LogP contribution is -2.36. The van der Waals surface area contributed by atoms with Gasteiger partial charge in [-0.1, -0.05) is 23.7 Å². The van der Waals surface area contributed by atoms with Crippen LogP contribution < -0.4 is 15.2 Å². The minimum atomic E-state index is -5.29. The number of thiophene rings is 1. The number of nitrogens with zero attached hydrogens (tertiary/aromatic N) is 4. The Labute approximate surface area is 226 Å². The Bertz CT molecular complexity index is 1780. The molecule has 0 saturated carbocycles. The Kier molecular flexibility index (Phi) is 6.28. The largest absolute Gasteiger partial charge is 0.491 e. The summed E-state index contributed by atoms with van der Waals surface area (Å²) in [6.45, 7) is 2.38. The molecule has 0 radical (unpaired) electrons. The Balaban J connectivity index is 1.49. The molecular formula is C25H17ClF3N5O4S. The number of benzene rings is 2. The number of imidazole rings is 1. The van der Waals surface area contributed by atoms with E-state index in [-0.39, 0.29) is 15.9 Å². The molecule has 3 aromatic heterocycles. The van der Waals surface area contributed by atoms with Gasteiger partial charge < -0.3 is 19.4 Å². The van der Waals surface area contributed by atoms with E-state index in [0.717, 1.165) is 21.5 Å².